The Hall–Kier alpha value is -2.05. The van der Waals surface area contributed by atoms with Crippen molar-refractivity contribution >= 4 is 11.9 Å². The molecule has 1 aliphatic carbocycles. The van der Waals surface area contributed by atoms with Crippen LogP contribution in [0.3, 0.4) is 0 Å². The minimum atomic E-state index is -4.37. The molecule has 1 amide bonds. The zero-order chi connectivity index (χ0) is 18.6. The van der Waals surface area contributed by atoms with E-state index in [1.54, 1.807) is 17.9 Å². The molecule has 1 aliphatic rings. The summed E-state index contributed by atoms with van der Waals surface area (Å²) in [5.74, 6) is -1.70. The summed E-state index contributed by atoms with van der Waals surface area (Å²) in [6, 6.07) is 5.23. The number of aliphatic carboxylic acids is 1. The van der Waals surface area contributed by atoms with Crippen molar-refractivity contribution < 1.29 is 27.9 Å². The van der Waals surface area contributed by atoms with E-state index in [1.807, 2.05) is 0 Å². The first kappa shape index (κ1) is 19.3. The van der Waals surface area contributed by atoms with Gasteiger partial charge in [0.25, 0.3) is 0 Å². The summed E-state index contributed by atoms with van der Waals surface area (Å²) in [7, 11) is 0. The molecule has 0 saturated heterocycles. The molecule has 138 valence electrons. The van der Waals surface area contributed by atoms with Crippen LogP contribution >= 0.6 is 0 Å². The number of hydrogen-bond acceptors (Lipinski definition) is 2. The average molecular weight is 357 g/mol. The van der Waals surface area contributed by atoms with Crippen molar-refractivity contribution in [1.82, 2.24) is 4.90 Å². The van der Waals surface area contributed by atoms with Crippen molar-refractivity contribution in [1.29, 1.82) is 0 Å². The van der Waals surface area contributed by atoms with E-state index in [0.29, 0.717) is 18.4 Å². The molecule has 7 heteroatoms. The molecule has 1 atom stereocenters. The molecule has 1 aromatic carbocycles. The van der Waals surface area contributed by atoms with Crippen LogP contribution in [0.25, 0.3) is 0 Å². The number of halogens is 3. The standard InChI is InChI=1S/C18H22F3NO3/c1-12(17(24)25)11-22(15-8-9-15)16(23)7-3-5-13-4-2-6-14(10-13)18(19,20)21/h2,4,6,10,12,15H,3,5,7-9,11H2,1H3,(H,24,25). The molecule has 1 saturated carbocycles. The minimum Gasteiger partial charge on any atom is -0.481 e. The maximum absolute atomic E-state index is 12.7. The summed E-state index contributed by atoms with van der Waals surface area (Å²) < 4.78 is 38.1. The highest BCUT2D eigenvalue weighted by Crippen LogP contribution is 2.30. The van der Waals surface area contributed by atoms with Crippen LogP contribution in [0.15, 0.2) is 24.3 Å². The number of alkyl halides is 3. The predicted molar refractivity (Wildman–Crippen MR) is 85.9 cm³/mol. The molecule has 1 fully saturated rings. The lowest BCUT2D eigenvalue weighted by Gasteiger charge is -2.24. The summed E-state index contributed by atoms with van der Waals surface area (Å²) in [6.45, 7) is 1.75. The zero-order valence-electron chi connectivity index (χ0n) is 14.1. The van der Waals surface area contributed by atoms with E-state index in [0.717, 1.165) is 25.0 Å². The average Bonchev–Trinajstić information content (AvgIpc) is 3.36. The Morgan fingerprint density at radius 2 is 2.00 bits per heavy atom. The lowest BCUT2D eigenvalue weighted by Crippen LogP contribution is -2.38. The number of amides is 1. The predicted octanol–water partition coefficient (Wildman–Crippen LogP) is 3.74. The number of benzene rings is 1. The Kier molecular flexibility index (Phi) is 6.08. The van der Waals surface area contributed by atoms with Gasteiger partial charge in [0.15, 0.2) is 0 Å². The van der Waals surface area contributed by atoms with Crippen LogP contribution in [0.1, 0.15) is 43.7 Å². The fourth-order valence-electron chi connectivity index (χ4n) is 2.70. The SMILES string of the molecule is CC(CN(C(=O)CCCc1cccc(C(F)(F)F)c1)C1CC1)C(=O)O. The topological polar surface area (TPSA) is 57.6 Å². The summed E-state index contributed by atoms with van der Waals surface area (Å²) in [6.07, 6.45) is -1.59. The number of carboxylic acids is 1. The Labute approximate surface area is 144 Å². The van der Waals surface area contributed by atoms with Crippen LogP contribution in [0.4, 0.5) is 13.2 Å². The molecular weight excluding hydrogens is 335 g/mol. The third kappa shape index (κ3) is 5.76. The van der Waals surface area contributed by atoms with Gasteiger partial charge in [-0.3, -0.25) is 9.59 Å². The van der Waals surface area contributed by atoms with Crippen molar-refractivity contribution in [2.75, 3.05) is 6.54 Å². The van der Waals surface area contributed by atoms with Crippen LogP contribution in [-0.2, 0) is 22.2 Å². The van der Waals surface area contributed by atoms with Crippen LogP contribution < -0.4 is 0 Å². The van der Waals surface area contributed by atoms with Crippen LogP contribution in [0.5, 0.6) is 0 Å². The number of carbonyl (C=O) groups excluding carboxylic acids is 1. The van der Waals surface area contributed by atoms with Gasteiger partial charge in [0, 0.05) is 19.0 Å². The van der Waals surface area contributed by atoms with Gasteiger partial charge in [-0.15, -0.1) is 0 Å². The number of rotatable bonds is 8. The van der Waals surface area contributed by atoms with Gasteiger partial charge < -0.3 is 10.0 Å². The van der Waals surface area contributed by atoms with Crippen LogP contribution in [0, 0.1) is 5.92 Å². The number of hydrogen-bond donors (Lipinski definition) is 1. The molecule has 0 spiro atoms. The molecule has 0 radical (unpaired) electrons. The third-order valence-electron chi connectivity index (χ3n) is 4.31. The molecule has 2 rings (SSSR count). The highest BCUT2D eigenvalue weighted by molar-refractivity contribution is 5.78. The second-order valence-corrected chi connectivity index (χ2v) is 6.57. The maximum atomic E-state index is 12.7. The molecule has 25 heavy (non-hydrogen) atoms. The normalized spacial score (nSPS) is 15.7. The Balaban J connectivity index is 1.87. The molecule has 4 nitrogen and oxygen atoms in total. The molecule has 0 heterocycles. The summed E-state index contributed by atoms with van der Waals surface area (Å²) in [5, 5.41) is 9.00. The fourth-order valence-corrected chi connectivity index (χ4v) is 2.70. The van der Waals surface area contributed by atoms with Gasteiger partial charge in [0.2, 0.25) is 5.91 Å². The first-order chi connectivity index (χ1) is 11.7. The van der Waals surface area contributed by atoms with E-state index in [4.69, 9.17) is 5.11 Å². The van der Waals surface area contributed by atoms with E-state index in [1.165, 1.54) is 6.07 Å². The minimum absolute atomic E-state index is 0.114. The smallest absolute Gasteiger partial charge is 0.416 e. The van der Waals surface area contributed by atoms with Gasteiger partial charge in [-0.1, -0.05) is 25.1 Å². The number of carboxylic acid groups (broad SMARTS) is 1. The summed E-state index contributed by atoms with van der Waals surface area (Å²) in [5.41, 5.74) is -0.147. The third-order valence-corrected chi connectivity index (χ3v) is 4.31. The molecule has 0 bridgehead atoms. The summed E-state index contributed by atoms with van der Waals surface area (Å²) >= 11 is 0. The molecular formula is C18H22F3NO3. The monoisotopic (exact) mass is 357 g/mol. The maximum Gasteiger partial charge on any atom is 0.416 e. The van der Waals surface area contributed by atoms with Crippen molar-refractivity contribution in [3.05, 3.63) is 35.4 Å². The molecule has 0 aromatic heterocycles. The second kappa shape index (κ2) is 7.89. The van der Waals surface area contributed by atoms with Gasteiger partial charge in [0.05, 0.1) is 11.5 Å². The lowest BCUT2D eigenvalue weighted by atomic mass is 10.0. The van der Waals surface area contributed by atoms with E-state index < -0.39 is 23.6 Å². The van der Waals surface area contributed by atoms with E-state index in [9.17, 15) is 22.8 Å². The molecule has 1 aromatic rings. The van der Waals surface area contributed by atoms with Gasteiger partial charge in [0.1, 0.15) is 0 Å². The number of nitrogens with zero attached hydrogens (tertiary/aromatic N) is 1. The van der Waals surface area contributed by atoms with E-state index in [2.05, 4.69) is 0 Å². The van der Waals surface area contributed by atoms with Gasteiger partial charge >= 0.3 is 12.1 Å². The van der Waals surface area contributed by atoms with Crippen molar-refractivity contribution in [2.45, 2.75) is 51.2 Å². The summed E-state index contributed by atoms with van der Waals surface area (Å²) in [4.78, 5) is 25.0. The van der Waals surface area contributed by atoms with Gasteiger partial charge in [-0.2, -0.15) is 13.2 Å². The quantitative estimate of drug-likeness (QED) is 0.771. The van der Waals surface area contributed by atoms with Crippen LogP contribution in [0.2, 0.25) is 0 Å². The number of carbonyl (C=O) groups is 2. The van der Waals surface area contributed by atoms with Gasteiger partial charge in [-0.05, 0) is 37.3 Å². The highest BCUT2D eigenvalue weighted by atomic mass is 19.4. The fraction of sp³-hybridized carbons (Fsp3) is 0.556. The Morgan fingerprint density at radius 1 is 1.32 bits per heavy atom. The first-order valence-electron chi connectivity index (χ1n) is 8.37. The number of aryl methyl sites for hydroxylation is 1. The van der Waals surface area contributed by atoms with E-state index in [-0.39, 0.29) is 24.9 Å². The van der Waals surface area contributed by atoms with Crippen molar-refractivity contribution in [3.8, 4) is 0 Å². The molecule has 1 unspecified atom stereocenters. The van der Waals surface area contributed by atoms with Crippen molar-refractivity contribution in [2.24, 2.45) is 5.92 Å². The van der Waals surface area contributed by atoms with Crippen molar-refractivity contribution in [3.63, 3.8) is 0 Å². The zero-order valence-corrected chi connectivity index (χ0v) is 14.1. The Bertz CT molecular complexity index is 626. The molecule has 0 aliphatic heterocycles. The lowest BCUT2D eigenvalue weighted by molar-refractivity contribution is -0.143. The van der Waals surface area contributed by atoms with Gasteiger partial charge in [-0.25, -0.2) is 0 Å². The largest absolute Gasteiger partial charge is 0.481 e. The first-order valence-corrected chi connectivity index (χ1v) is 8.37. The van der Waals surface area contributed by atoms with E-state index >= 15 is 0 Å². The molecule has 1 N–H and O–H groups in total. The van der Waals surface area contributed by atoms with Crippen LogP contribution in [-0.4, -0.2) is 34.5 Å². The Morgan fingerprint density at radius 3 is 2.56 bits per heavy atom. The second-order valence-electron chi connectivity index (χ2n) is 6.57. The highest BCUT2D eigenvalue weighted by Gasteiger charge is 2.34.